The maximum absolute atomic E-state index is 13.8. The fourth-order valence-electron chi connectivity index (χ4n) is 2.37. The van der Waals surface area contributed by atoms with Crippen LogP contribution >= 0.6 is 0 Å². The van der Waals surface area contributed by atoms with Crippen molar-refractivity contribution in [2.45, 2.75) is 6.18 Å². The summed E-state index contributed by atoms with van der Waals surface area (Å²) in [6.45, 7) is 0. The summed E-state index contributed by atoms with van der Waals surface area (Å²) in [5.74, 6) is -6.38. The lowest BCUT2D eigenvalue weighted by atomic mass is 10.1. The normalized spacial score (nSPS) is 11.5. The van der Waals surface area contributed by atoms with Crippen molar-refractivity contribution < 1.29 is 35.7 Å². The van der Waals surface area contributed by atoms with Crippen molar-refractivity contribution >= 4 is 11.6 Å². The topological polar surface area (TPSA) is 59.2 Å². The molecule has 0 bridgehead atoms. The third kappa shape index (κ3) is 3.68. The highest BCUT2D eigenvalue weighted by molar-refractivity contribution is 6.06. The number of hydrogen-bond acceptors (Lipinski definition) is 4. The summed E-state index contributed by atoms with van der Waals surface area (Å²) in [5, 5.41) is 3.21. The van der Waals surface area contributed by atoms with Crippen molar-refractivity contribution in [3.05, 3.63) is 65.3 Å². The molecule has 0 aliphatic heterocycles. The lowest BCUT2D eigenvalue weighted by Crippen LogP contribution is -2.28. The number of aromatic nitrogens is 2. The van der Waals surface area contributed by atoms with E-state index in [1.807, 2.05) is 0 Å². The molecular formula is C17H9F6N3O2. The number of carbonyl (C=O) groups is 1. The van der Waals surface area contributed by atoms with Gasteiger partial charge in [-0.25, -0.2) is 13.2 Å². The van der Waals surface area contributed by atoms with Crippen molar-refractivity contribution in [1.29, 1.82) is 0 Å². The van der Waals surface area contributed by atoms with E-state index in [1.54, 1.807) is 0 Å². The van der Waals surface area contributed by atoms with E-state index in [0.717, 1.165) is 7.05 Å². The minimum Gasteiger partial charge on any atom is -0.329 e. The number of amides is 1. The third-order valence-electron chi connectivity index (χ3n) is 3.68. The molecule has 11 heteroatoms. The molecule has 0 N–H and O–H groups in total. The van der Waals surface area contributed by atoms with Crippen molar-refractivity contribution in [2.24, 2.45) is 0 Å². The highest BCUT2D eigenvalue weighted by Gasteiger charge is 2.38. The Morgan fingerprint density at radius 2 is 1.61 bits per heavy atom. The van der Waals surface area contributed by atoms with Gasteiger partial charge in [-0.05, 0) is 12.1 Å². The summed E-state index contributed by atoms with van der Waals surface area (Å²) < 4.78 is 82.3. The van der Waals surface area contributed by atoms with Gasteiger partial charge in [-0.3, -0.25) is 4.79 Å². The molecule has 0 atom stereocenters. The number of benzene rings is 2. The highest BCUT2D eigenvalue weighted by atomic mass is 19.4. The molecule has 0 aliphatic carbocycles. The van der Waals surface area contributed by atoms with Crippen LogP contribution < -0.4 is 4.90 Å². The first-order valence-corrected chi connectivity index (χ1v) is 7.52. The highest BCUT2D eigenvalue weighted by Crippen LogP contribution is 2.30. The van der Waals surface area contributed by atoms with E-state index in [1.165, 1.54) is 24.3 Å². The average Bonchev–Trinajstić information content (AvgIpc) is 3.10. The number of anilines is 1. The van der Waals surface area contributed by atoms with Gasteiger partial charge in [0.15, 0.2) is 11.6 Å². The third-order valence-corrected chi connectivity index (χ3v) is 3.68. The molecule has 28 heavy (non-hydrogen) atoms. The molecule has 0 aliphatic rings. The Labute approximate surface area is 153 Å². The van der Waals surface area contributed by atoms with Gasteiger partial charge in [0.2, 0.25) is 5.82 Å². The van der Waals surface area contributed by atoms with E-state index in [0.29, 0.717) is 17.0 Å². The number of rotatable bonds is 3. The zero-order chi connectivity index (χ0) is 20.6. The van der Waals surface area contributed by atoms with Crippen LogP contribution in [0.4, 0.5) is 32.0 Å². The lowest BCUT2D eigenvalue weighted by Gasteiger charge is -2.19. The first-order valence-electron chi connectivity index (χ1n) is 7.52. The summed E-state index contributed by atoms with van der Waals surface area (Å²) in [7, 11) is 1.09. The summed E-state index contributed by atoms with van der Waals surface area (Å²) in [4.78, 5) is 16.3. The van der Waals surface area contributed by atoms with E-state index in [4.69, 9.17) is 0 Å². The van der Waals surface area contributed by atoms with Gasteiger partial charge in [-0.2, -0.15) is 18.2 Å². The van der Waals surface area contributed by atoms with Gasteiger partial charge in [0.05, 0.1) is 0 Å². The van der Waals surface area contributed by atoms with Crippen LogP contribution in [-0.2, 0) is 6.18 Å². The Morgan fingerprint density at radius 3 is 2.11 bits per heavy atom. The Morgan fingerprint density at radius 1 is 1.04 bits per heavy atom. The quantitative estimate of drug-likeness (QED) is 0.609. The zero-order valence-electron chi connectivity index (χ0n) is 13.9. The minimum atomic E-state index is -4.80. The number of carbonyl (C=O) groups excluding carboxylic acids is 1. The van der Waals surface area contributed by atoms with Gasteiger partial charge in [0, 0.05) is 30.3 Å². The number of halogens is 6. The summed E-state index contributed by atoms with van der Waals surface area (Å²) in [6, 6.07) is 5.75. The molecule has 1 amide bonds. The second-order valence-electron chi connectivity index (χ2n) is 5.58. The van der Waals surface area contributed by atoms with Crippen LogP contribution in [0, 0.1) is 17.5 Å². The molecule has 0 unspecified atom stereocenters. The van der Waals surface area contributed by atoms with Gasteiger partial charge >= 0.3 is 12.1 Å². The maximum atomic E-state index is 13.8. The van der Waals surface area contributed by atoms with Crippen LogP contribution in [0.1, 0.15) is 16.2 Å². The van der Waals surface area contributed by atoms with Crippen LogP contribution in [0.25, 0.3) is 11.4 Å². The van der Waals surface area contributed by atoms with Crippen molar-refractivity contribution in [2.75, 3.05) is 11.9 Å². The first-order chi connectivity index (χ1) is 13.1. The van der Waals surface area contributed by atoms with Crippen molar-refractivity contribution in [3.63, 3.8) is 0 Å². The van der Waals surface area contributed by atoms with Crippen LogP contribution in [0.2, 0.25) is 0 Å². The van der Waals surface area contributed by atoms with Crippen LogP contribution in [-0.4, -0.2) is 23.1 Å². The molecular weight excluding hydrogens is 392 g/mol. The molecule has 0 spiro atoms. The van der Waals surface area contributed by atoms with Gasteiger partial charge in [-0.15, -0.1) is 0 Å². The summed E-state index contributed by atoms with van der Waals surface area (Å²) >= 11 is 0. The Bertz CT molecular complexity index is 1010. The van der Waals surface area contributed by atoms with E-state index >= 15 is 0 Å². The van der Waals surface area contributed by atoms with E-state index in [-0.39, 0.29) is 17.0 Å². The molecule has 1 heterocycles. The van der Waals surface area contributed by atoms with Crippen LogP contribution in [0.5, 0.6) is 0 Å². The molecule has 0 saturated carbocycles. The van der Waals surface area contributed by atoms with Crippen LogP contribution in [0.15, 0.2) is 40.9 Å². The van der Waals surface area contributed by atoms with Crippen LogP contribution in [0.3, 0.4) is 0 Å². The predicted molar refractivity (Wildman–Crippen MR) is 83.8 cm³/mol. The summed E-state index contributed by atoms with van der Waals surface area (Å²) in [5.41, 5.74) is -0.657. The zero-order valence-corrected chi connectivity index (χ0v) is 13.9. The van der Waals surface area contributed by atoms with Gasteiger partial charge in [0.1, 0.15) is 11.5 Å². The van der Waals surface area contributed by atoms with Gasteiger partial charge in [0.25, 0.3) is 5.91 Å². The molecule has 146 valence electrons. The molecule has 3 rings (SSSR count). The second kappa shape index (κ2) is 6.98. The lowest BCUT2D eigenvalue weighted by molar-refractivity contribution is -0.159. The molecule has 1 aromatic heterocycles. The van der Waals surface area contributed by atoms with Gasteiger partial charge < -0.3 is 9.42 Å². The average molecular weight is 401 g/mol. The fraction of sp³-hybridized carbons (Fsp3) is 0.118. The molecule has 2 aromatic carbocycles. The van der Waals surface area contributed by atoms with E-state index < -0.39 is 41.1 Å². The Kier molecular flexibility index (Phi) is 4.84. The maximum Gasteiger partial charge on any atom is 0.471 e. The first kappa shape index (κ1) is 19.4. The largest absolute Gasteiger partial charge is 0.471 e. The van der Waals surface area contributed by atoms with E-state index in [9.17, 15) is 31.1 Å². The van der Waals surface area contributed by atoms with E-state index in [2.05, 4.69) is 14.7 Å². The molecule has 0 radical (unpaired) electrons. The Balaban J connectivity index is 1.85. The Hall–Kier alpha value is -3.37. The molecule has 5 nitrogen and oxygen atoms in total. The fourth-order valence-corrected chi connectivity index (χ4v) is 2.37. The SMILES string of the molecule is CN(C(=O)c1ccc(-c2noc(C(F)(F)F)n2)cc1)c1c(F)cc(F)cc1F. The smallest absolute Gasteiger partial charge is 0.329 e. The standard InChI is InChI=1S/C17H9F6N3O2/c1-26(13-11(19)6-10(18)7-12(13)20)15(27)9-4-2-8(3-5-9)14-24-16(28-25-14)17(21,22)23/h2-7H,1H3. The number of nitrogens with zero attached hydrogens (tertiary/aromatic N) is 3. The molecule has 0 fully saturated rings. The predicted octanol–water partition coefficient (Wildman–Crippen LogP) is 4.45. The second-order valence-corrected chi connectivity index (χ2v) is 5.58. The molecule has 0 saturated heterocycles. The summed E-state index contributed by atoms with van der Waals surface area (Å²) in [6.07, 6.45) is -4.80. The minimum absolute atomic E-state index is 0.0334. The van der Waals surface area contributed by atoms with Gasteiger partial charge in [-0.1, -0.05) is 17.3 Å². The van der Waals surface area contributed by atoms with Crippen molar-refractivity contribution in [1.82, 2.24) is 10.1 Å². The monoisotopic (exact) mass is 401 g/mol. The number of alkyl halides is 3. The molecule has 3 aromatic rings. The van der Waals surface area contributed by atoms with Crippen molar-refractivity contribution in [3.8, 4) is 11.4 Å². The number of hydrogen-bond donors (Lipinski definition) is 0.